The Hall–Kier alpha value is -2.21. The van der Waals surface area contributed by atoms with Gasteiger partial charge in [-0.15, -0.1) is 0 Å². The Labute approximate surface area is 141 Å². The molecule has 2 aromatic rings. The summed E-state index contributed by atoms with van der Waals surface area (Å²) in [5.74, 6) is -0.264. The highest BCUT2D eigenvalue weighted by Crippen LogP contribution is 2.24. The molecule has 1 aliphatic rings. The Morgan fingerprint density at radius 2 is 2.04 bits per heavy atom. The highest BCUT2D eigenvalue weighted by Gasteiger charge is 2.28. The number of aryl methyl sites for hydroxylation is 1. The molecule has 1 amide bonds. The Kier molecular flexibility index (Phi) is 4.66. The molecular formula is C18H23FN4O. The summed E-state index contributed by atoms with van der Waals surface area (Å²) < 4.78 is 15.3. The third-order valence-corrected chi connectivity index (χ3v) is 4.76. The summed E-state index contributed by atoms with van der Waals surface area (Å²) in [6.45, 7) is 2.93. The van der Waals surface area contributed by atoms with Crippen molar-refractivity contribution < 1.29 is 9.18 Å². The van der Waals surface area contributed by atoms with E-state index in [2.05, 4.69) is 15.3 Å². The van der Waals surface area contributed by atoms with Crippen LogP contribution in [0.1, 0.15) is 31.4 Å². The lowest BCUT2D eigenvalue weighted by molar-refractivity contribution is -0.125. The lowest BCUT2D eigenvalue weighted by Gasteiger charge is -2.22. The Bertz CT molecular complexity index is 706. The number of benzene rings is 1. The number of halogens is 1. The van der Waals surface area contributed by atoms with Crippen LogP contribution in [-0.4, -0.2) is 40.2 Å². The minimum absolute atomic E-state index is 0.0322. The molecule has 6 heteroatoms. The molecule has 24 heavy (non-hydrogen) atoms. The first kappa shape index (κ1) is 16.6. The van der Waals surface area contributed by atoms with E-state index in [4.69, 9.17) is 0 Å². The van der Waals surface area contributed by atoms with Crippen molar-refractivity contribution in [3.8, 4) is 11.3 Å². The van der Waals surface area contributed by atoms with Gasteiger partial charge in [0.2, 0.25) is 5.91 Å². The van der Waals surface area contributed by atoms with Gasteiger partial charge in [-0.2, -0.15) is 5.10 Å². The normalized spacial score (nSPS) is 19.4. The third-order valence-electron chi connectivity index (χ3n) is 4.76. The van der Waals surface area contributed by atoms with Gasteiger partial charge >= 0.3 is 0 Å². The molecule has 2 atom stereocenters. The molecule has 1 N–H and O–H groups in total. The van der Waals surface area contributed by atoms with Gasteiger partial charge in [-0.1, -0.05) is 24.3 Å². The van der Waals surface area contributed by atoms with E-state index in [-0.39, 0.29) is 23.8 Å². The van der Waals surface area contributed by atoms with E-state index in [0.29, 0.717) is 5.69 Å². The summed E-state index contributed by atoms with van der Waals surface area (Å²) in [7, 11) is 3.70. The zero-order chi connectivity index (χ0) is 17.3. The van der Waals surface area contributed by atoms with Crippen LogP contribution in [-0.2, 0) is 11.8 Å². The zero-order valence-electron chi connectivity index (χ0n) is 14.3. The number of rotatable bonds is 4. The number of carbonyl (C=O) groups excluding carboxylic acids is 1. The maximum atomic E-state index is 13.8. The molecule has 1 fully saturated rings. The molecule has 1 saturated heterocycles. The second kappa shape index (κ2) is 6.73. The van der Waals surface area contributed by atoms with Gasteiger partial charge in [0.1, 0.15) is 5.69 Å². The van der Waals surface area contributed by atoms with Crippen LogP contribution >= 0.6 is 0 Å². The Balaban J connectivity index is 1.70. The van der Waals surface area contributed by atoms with E-state index >= 15 is 0 Å². The first-order valence-corrected chi connectivity index (χ1v) is 8.26. The van der Waals surface area contributed by atoms with Gasteiger partial charge in [0, 0.05) is 12.6 Å². The summed E-state index contributed by atoms with van der Waals surface area (Å²) >= 11 is 0. The fourth-order valence-corrected chi connectivity index (χ4v) is 3.30. The molecule has 0 aliphatic carbocycles. The minimum atomic E-state index is -0.337. The molecule has 1 aromatic carbocycles. The van der Waals surface area contributed by atoms with Crippen LogP contribution in [0.25, 0.3) is 11.3 Å². The second-order valence-electron chi connectivity index (χ2n) is 6.46. The predicted molar refractivity (Wildman–Crippen MR) is 90.8 cm³/mol. The van der Waals surface area contributed by atoms with Crippen molar-refractivity contribution in [3.63, 3.8) is 0 Å². The maximum absolute atomic E-state index is 13.8. The molecule has 128 valence electrons. The van der Waals surface area contributed by atoms with Crippen molar-refractivity contribution in [2.75, 3.05) is 13.6 Å². The summed E-state index contributed by atoms with van der Waals surface area (Å²) in [5, 5.41) is 6.99. The van der Waals surface area contributed by atoms with E-state index in [1.807, 2.05) is 38.2 Å². The average molecular weight is 330 g/mol. The number of hydrogen-bond acceptors (Lipinski definition) is 3. The maximum Gasteiger partial charge on any atom is 0.237 e. The fourth-order valence-electron chi connectivity index (χ4n) is 3.30. The van der Waals surface area contributed by atoms with Crippen LogP contribution in [0, 0.1) is 5.82 Å². The average Bonchev–Trinajstić information content (AvgIpc) is 3.13. The largest absolute Gasteiger partial charge is 0.348 e. The number of likely N-dealkylation sites (tertiary alicyclic amines) is 1. The van der Waals surface area contributed by atoms with E-state index in [0.717, 1.165) is 30.5 Å². The number of aromatic nitrogens is 2. The van der Waals surface area contributed by atoms with E-state index in [1.165, 1.54) is 10.9 Å². The lowest BCUT2D eigenvalue weighted by atomic mass is 10.0. The summed E-state index contributed by atoms with van der Waals surface area (Å²) in [6.07, 6.45) is 3.19. The number of nitrogens with one attached hydrogen (secondary N) is 1. The van der Waals surface area contributed by atoms with Crippen LogP contribution in [0.2, 0.25) is 0 Å². The minimum Gasteiger partial charge on any atom is -0.348 e. The monoisotopic (exact) mass is 330 g/mol. The summed E-state index contributed by atoms with van der Waals surface area (Å²) in [6, 6.07) is 7.45. The van der Waals surface area contributed by atoms with Crippen molar-refractivity contribution in [2.45, 2.75) is 31.8 Å². The summed E-state index contributed by atoms with van der Waals surface area (Å²) in [4.78, 5) is 14.5. The molecule has 5 nitrogen and oxygen atoms in total. The molecule has 0 saturated carbocycles. The van der Waals surface area contributed by atoms with E-state index in [1.54, 1.807) is 7.05 Å². The van der Waals surface area contributed by atoms with Crippen LogP contribution in [0.5, 0.6) is 0 Å². The molecule has 1 aromatic heterocycles. The smallest absolute Gasteiger partial charge is 0.237 e. The number of amides is 1. The van der Waals surface area contributed by atoms with Crippen molar-refractivity contribution in [1.82, 2.24) is 20.0 Å². The molecular weight excluding hydrogens is 307 g/mol. The summed E-state index contributed by atoms with van der Waals surface area (Å²) in [5.41, 5.74) is 2.23. The van der Waals surface area contributed by atoms with Crippen molar-refractivity contribution in [3.05, 3.63) is 41.8 Å². The lowest BCUT2D eigenvalue weighted by Crippen LogP contribution is -2.42. The van der Waals surface area contributed by atoms with Crippen molar-refractivity contribution in [1.29, 1.82) is 0 Å². The molecule has 0 radical (unpaired) electrons. The number of nitrogens with zero attached hydrogens (tertiary/aromatic N) is 3. The molecule has 2 unspecified atom stereocenters. The highest BCUT2D eigenvalue weighted by molar-refractivity contribution is 5.82. The Morgan fingerprint density at radius 3 is 2.58 bits per heavy atom. The number of likely N-dealkylation sites (N-methyl/N-ethyl adjacent to an activating group) is 1. The van der Waals surface area contributed by atoms with Gasteiger partial charge in [0.05, 0.1) is 18.3 Å². The van der Waals surface area contributed by atoms with Gasteiger partial charge in [-0.3, -0.25) is 14.4 Å². The number of carbonyl (C=O) groups is 1. The second-order valence-corrected chi connectivity index (χ2v) is 6.46. The van der Waals surface area contributed by atoms with Crippen molar-refractivity contribution >= 4 is 5.91 Å². The van der Waals surface area contributed by atoms with Gasteiger partial charge in [0.15, 0.2) is 5.82 Å². The molecule has 2 heterocycles. The van der Waals surface area contributed by atoms with Crippen LogP contribution in [0.15, 0.2) is 30.5 Å². The standard InChI is InChI=1S/C18H23FN4O/c1-12(21-18(24)16-5-4-10-22(16)2)13-6-8-14(9-7-13)17-15(19)11-20-23(17)3/h6-9,11-12,16H,4-5,10H2,1-3H3,(H,21,24). The molecule has 0 bridgehead atoms. The van der Waals surface area contributed by atoms with E-state index < -0.39 is 0 Å². The Morgan fingerprint density at radius 1 is 1.33 bits per heavy atom. The highest BCUT2D eigenvalue weighted by atomic mass is 19.1. The molecule has 1 aliphatic heterocycles. The van der Waals surface area contributed by atoms with Crippen LogP contribution in [0.4, 0.5) is 4.39 Å². The molecule has 3 rings (SSSR count). The molecule has 0 spiro atoms. The van der Waals surface area contributed by atoms with E-state index in [9.17, 15) is 9.18 Å². The van der Waals surface area contributed by atoms with Gasteiger partial charge in [-0.05, 0) is 38.9 Å². The van der Waals surface area contributed by atoms with Crippen LogP contribution < -0.4 is 5.32 Å². The SMILES string of the molecule is CC(NC(=O)C1CCCN1C)c1ccc(-c2c(F)cnn2C)cc1. The van der Waals surface area contributed by atoms with Gasteiger partial charge in [-0.25, -0.2) is 4.39 Å². The van der Waals surface area contributed by atoms with Crippen molar-refractivity contribution in [2.24, 2.45) is 7.05 Å². The van der Waals surface area contributed by atoms with Gasteiger partial charge < -0.3 is 5.32 Å². The quantitative estimate of drug-likeness (QED) is 0.937. The first-order chi connectivity index (χ1) is 11.5. The zero-order valence-corrected chi connectivity index (χ0v) is 14.3. The topological polar surface area (TPSA) is 50.2 Å². The third kappa shape index (κ3) is 3.19. The van der Waals surface area contributed by atoms with Crippen LogP contribution in [0.3, 0.4) is 0 Å². The first-order valence-electron chi connectivity index (χ1n) is 8.26. The number of hydrogen-bond donors (Lipinski definition) is 1. The van der Waals surface area contributed by atoms with Gasteiger partial charge in [0.25, 0.3) is 0 Å². The predicted octanol–water partition coefficient (Wildman–Crippen LogP) is 2.50. The fraction of sp³-hybridized carbons (Fsp3) is 0.444.